The molecule has 0 fully saturated rings. The van der Waals surface area contributed by atoms with Gasteiger partial charge in [0.25, 0.3) is 5.56 Å². The second-order valence-corrected chi connectivity index (χ2v) is 2.21. The van der Waals surface area contributed by atoms with Gasteiger partial charge in [-0.2, -0.15) is 4.39 Å². The normalized spacial score (nSPS) is 9.73. The highest BCUT2D eigenvalue weighted by atomic mass is 19.1. The molecule has 1 N–H and O–H groups in total. The van der Waals surface area contributed by atoms with Gasteiger partial charge in [-0.1, -0.05) is 0 Å². The summed E-state index contributed by atoms with van der Waals surface area (Å²) < 4.78 is 14.1. The highest BCUT2D eigenvalue weighted by Crippen LogP contribution is 2.05. The highest BCUT2D eigenvalue weighted by Gasteiger charge is 2.04. The van der Waals surface area contributed by atoms with E-state index in [0.29, 0.717) is 0 Å². The van der Waals surface area contributed by atoms with E-state index in [0.717, 1.165) is 0 Å². The van der Waals surface area contributed by atoms with Crippen molar-refractivity contribution in [2.45, 2.75) is 0 Å². The number of anilines is 1. The van der Waals surface area contributed by atoms with E-state index < -0.39 is 11.4 Å². The number of hydrogen-bond donors (Lipinski definition) is 1. The van der Waals surface area contributed by atoms with E-state index in [2.05, 4.69) is 5.32 Å². The lowest BCUT2D eigenvalue weighted by Crippen LogP contribution is -2.20. The molecule has 0 aliphatic rings. The Bertz CT molecular complexity index is 319. The lowest BCUT2D eigenvalue weighted by Gasteiger charge is -2.02. The van der Waals surface area contributed by atoms with Crippen LogP contribution in [0.25, 0.3) is 0 Å². The predicted octanol–water partition coefficient (Wildman–Crippen LogP) is 0.566. The molecule has 60 valence electrons. The molecule has 0 aromatic carbocycles. The van der Waals surface area contributed by atoms with Crippen LogP contribution in [0.1, 0.15) is 0 Å². The van der Waals surface area contributed by atoms with Gasteiger partial charge in [-0.05, 0) is 6.07 Å². The molecule has 1 aromatic heterocycles. The van der Waals surface area contributed by atoms with E-state index in [4.69, 9.17) is 0 Å². The molecule has 0 amide bonds. The number of pyridine rings is 1. The van der Waals surface area contributed by atoms with Crippen molar-refractivity contribution in [3.05, 3.63) is 28.4 Å². The molecule has 0 aliphatic carbocycles. The maximum Gasteiger partial charge on any atom is 0.288 e. The number of nitrogens with one attached hydrogen (secondary N) is 1. The number of aromatic nitrogens is 1. The maximum absolute atomic E-state index is 12.9. The number of nitrogens with zero attached hydrogens (tertiary/aromatic N) is 1. The van der Waals surface area contributed by atoms with Gasteiger partial charge in [-0.15, -0.1) is 0 Å². The van der Waals surface area contributed by atoms with Crippen LogP contribution in [0.15, 0.2) is 17.1 Å². The van der Waals surface area contributed by atoms with Crippen molar-refractivity contribution in [2.24, 2.45) is 7.05 Å². The summed E-state index contributed by atoms with van der Waals surface area (Å²) in [5.41, 5.74) is -0.384. The minimum absolute atomic E-state index is 0.230. The molecular weight excluding hydrogens is 147 g/mol. The number of halogens is 1. The Balaban J connectivity index is 3.37. The van der Waals surface area contributed by atoms with Gasteiger partial charge in [-0.25, -0.2) is 0 Å². The zero-order valence-electron chi connectivity index (χ0n) is 6.39. The van der Waals surface area contributed by atoms with Crippen LogP contribution in [-0.2, 0) is 7.05 Å². The molecule has 1 rings (SSSR count). The molecule has 0 saturated heterocycles. The fourth-order valence-electron chi connectivity index (χ4n) is 0.790. The molecule has 0 atom stereocenters. The van der Waals surface area contributed by atoms with Gasteiger partial charge >= 0.3 is 0 Å². The quantitative estimate of drug-likeness (QED) is 0.644. The molecule has 0 radical (unpaired) electrons. The summed E-state index contributed by atoms with van der Waals surface area (Å²) in [5, 5.41) is 2.57. The second kappa shape index (κ2) is 2.74. The van der Waals surface area contributed by atoms with Gasteiger partial charge in [0.1, 0.15) is 0 Å². The van der Waals surface area contributed by atoms with Crippen molar-refractivity contribution in [3.63, 3.8) is 0 Å². The molecule has 3 nitrogen and oxygen atoms in total. The van der Waals surface area contributed by atoms with Crippen molar-refractivity contribution >= 4 is 5.69 Å². The van der Waals surface area contributed by atoms with Gasteiger partial charge in [0.05, 0.1) is 5.69 Å². The summed E-state index contributed by atoms with van der Waals surface area (Å²) >= 11 is 0. The van der Waals surface area contributed by atoms with Crippen molar-refractivity contribution in [3.8, 4) is 0 Å². The van der Waals surface area contributed by atoms with Gasteiger partial charge < -0.3 is 9.88 Å². The van der Waals surface area contributed by atoms with E-state index in [1.165, 1.54) is 23.9 Å². The average molecular weight is 156 g/mol. The minimum atomic E-state index is -0.738. The van der Waals surface area contributed by atoms with Crippen LogP contribution in [-0.4, -0.2) is 11.6 Å². The van der Waals surface area contributed by atoms with Crippen molar-refractivity contribution < 1.29 is 4.39 Å². The molecular formula is C7H9FN2O. The first-order chi connectivity index (χ1) is 5.16. The maximum atomic E-state index is 12.9. The SMILES string of the molecule is CNc1ccn(C)c(=O)c1F. The van der Waals surface area contributed by atoms with E-state index in [9.17, 15) is 9.18 Å². The van der Waals surface area contributed by atoms with Gasteiger partial charge in [0.15, 0.2) is 0 Å². The van der Waals surface area contributed by atoms with Crippen LogP contribution in [0.5, 0.6) is 0 Å². The zero-order chi connectivity index (χ0) is 8.43. The number of rotatable bonds is 1. The lowest BCUT2D eigenvalue weighted by atomic mass is 10.4. The fourth-order valence-corrected chi connectivity index (χ4v) is 0.790. The van der Waals surface area contributed by atoms with Crippen LogP contribution in [0.3, 0.4) is 0 Å². The molecule has 1 heterocycles. The average Bonchev–Trinajstić information content (AvgIpc) is 2.01. The molecule has 0 aliphatic heterocycles. The third kappa shape index (κ3) is 1.24. The van der Waals surface area contributed by atoms with Crippen molar-refractivity contribution in [2.75, 3.05) is 12.4 Å². The zero-order valence-corrected chi connectivity index (χ0v) is 6.39. The van der Waals surface area contributed by atoms with Crippen LogP contribution in [0.4, 0.5) is 10.1 Å². The predicted molar refractivity (Wildman–Crippen MR) is 41.2 cm³/mol. The third-order valence-electron chi connectivity index (χ3n) is 1.48. The van der Waals surface area contributed by atoms with E-state index in [1.54, 1.807) is 7.05 Å². The Kier molecular flexibility index (Phi) is 1.94. The number of aryl methyl sites for hydroxylation is 1. The molecule has 11 heavy (non-hydrogen) atoms. The van der Waals surface area contributed by atoms with Gasteiger partial charge in [0, 0.05) is 20.3 Å². The van der Waals surface area contributed by atoms with Gasteiger partial charge in [0.2, 0.25) is 5.82 Å². The number of hydrogen-bond acceptors (Lipinski definition) is 2. The Morgan fingerprint density at radius 2 is 2.27 bits per heavy atom. The lowest BCUT2D eigenvalue weighted by molar-refractivity contribution is 0.594. The summed E-state index contributed by atoms with van der Waals surface area (Å²) in [6.07, 6.45) is 1.51. The standard InChI is InChI=1S/C7H9FN2O/c1-9-5-3-4-10(2)7(11)6(5)8/h3-4,9H,1-2H3. The van der Waals surface area contributed by atoms with Gasteiger partial charge in [-0.3, -0.25) is 4.79 Å². The second-order valence-electron chi connectivity index (χ2n) is 2.21. The third-order valence-corrected chi connectivity index (χ3v) is 1.48. The van der Waals surface area contributed by atoms with Crippen LogP contribution < -0.4 is 10.9 Å². The fraction of sp³-hybridized carbons (Fsp3) is 0.286. The molecule has 0 spiro atoms. The largest absolute Gasteiger partial charge is 0.386 e. The monoisotopic (exact) mass is 156 g/mol. The Morgan fingerprint density at radius 3 is 2.82 bits per heavy atom. The van der Waals surface area contributed by atoms with Crippen molar-refractivity contribution in [1.29, 1.82) is 0 Å². The minimum Gasteiger partial charge on any atom is -0.386 e. The summed E-state index contributed by atoms with van der Waals surface area (Å²) in [7, 11) is 3.07. The van der Waals surface area contributed by atoms with Crippen LogP contribution >= 0.6 is 0 Å². The molecule has 1 aromatic rings. The Labute approximate surface area is 63.5 Å². The summed E-state index contributed by atoms with van der Waals surface area (Å²) in [4.78, 5) is 10.9. The topological polar surface area (TPSA) is 34.0 Å². The van der Waals surface area contributed by atoms with E-state index in [-0.39, 0.29) is 5.69 Å². The Morgan fingerprint density at radius 1 is 1.64 bits per heavy atom. The molecule has 0 saturated carbocycles. The first kappa shape index (κ1) is 7.78. The molecule has 0 bridgehead atoms. The summed E-state index contributed by atoms with van der Waals surface area (Å²) in [5.74, 6) is -0.738. The molecule has 0 unspecified atom stereocenters. The Hall–Kier alpha value is -1.32. The van der Waals surface area contributed by atoms with Crippen molar-refractivity contribution in [1.82, 2.24) is 4.57 Å². The van der Waals surface area contributed by atoms with Crippen LogP contribution in [0.2, 0.25) is 0 Å². The van der Waals surface area contributed by atoms with E-state index in [1.807, 2.05) is 0 Å². The smallest absolute Gasteiger partial charge is 0.288 e. The first-order valence-corrected chi connectivity index (χ1v) is 3.19. The highest BCUT2D eigenvalue weighted by molar-refractivity contribution is 5.41. The first-order valence-electron chi connectivity index (χ1n) is 3.19. The van der Waals surface area contributed by atoms with Crippen LogP contribution in [0, 0.1) is 5.82 Å². The summed E-state index contributed by atoms with van der Waals surface area (Å²) in [6.45, 7) is 0. The molecule has 4 heteroatoms. The summed E-state index contributed by atoms with van der Waals surface area (Å²) in [6, 6.07) is 1.51. The van der Waals surface area contributed by atoms with E-state index >= 15 is 0 Å².